The Morgan fingerprint density at radius 2 is 0.434 bits per heavy atom. The van der Waals surface area contributed by atoms with Crippen molar-refractivity contribution in [3.8, 4) is 102 Å². The van der Waals surface area contributed by atoms with Crippen LogP contribution < -0.4 is 0 Å². The molecule has 0 aliphatic carbocycles. The second-order valence-electron chi connectivity index (χ2n) is 26.5. The van der Waals surface area contributed by atoms with Gasteiger partial charge in [0.1, 0.15) is 0 Å². The Bertz CT molecular complexity index is 6690. The van der Waals surface area contributed by atoms with E-state index in [0.717, 1.165) is 122 Å². The van der Waals surface area contributed by atoms with Gasteiger partial charge in [-0.05, 0) is 83.9 Å². The van der Waals surface area contributed by atoms with Gasteiger partial charge in [-0.1, -0.05) is 303 Å². The Morgan fingerprint density at radius 1 is 0.170 bits per heavy atom. The minimum Gasteiger partial charge on any atom is -0.307 e. The first-order valence-corrected chi connectivity index (χ1v) is 35.7. The van der Waals surface area contributed by atoms with Crippen molar-refractivity contribution in [2.24, 2.45) is 0 Å². The molecule has 10 heteroatoms. The zero-order valence-corrected chi connectivity index (χ0v) is 57.3. The smallest absolute Gasteiger partial charge is 0.166 e. The van der Waals surface area contributed by atoms with Gasteiger partial charge >= 0.3 is 0 Å². The highest BCUT2D eigenvalue weighted by Crippen LogP contribution is 2.49. The molecule has 6 aromatic heterocycles. The molecule has 496 valence electrons. The fourth-order valence-corrected chi connectivity index (χ4v) is 15.7. The maximum atomic E-state index is 5.43. The van der Waals surface area contributed by atoms with Crippen molar-refractivity contribution >= 4 is 87.2 Å². The molecular weight excluding hydrogens is 1290 g/mol. The lowest BCUT2D eigenvalue weighted by atomic mass is 9.94. The topological polar surface area (TPSA) is 97.1 Å². The second-order valence-corrected chi connectivity index (χ2v) is 26.5. The second kappa shape index (κ2) is 25.8. The molecule has 0 N–H and O–H groups in total. The van der Waals surface area contributed by atoms with E-state index in [-0.39, 0.29) is 0 Å². The van der Waals surface area contributed by atoms with Crippen molar-refractivity contribution in [2.75, 3.05) is 0 Å². The molecule has 0 spiro atoms. The van der Waals surface area contributed by atoms with Gasteiger partial charge in [-0.15, -0.1) is 0 Å². The van der Waals surface area contributed by atoms with E-state index in [2.05, 4.69) is 322 Å². The maximum absolute atomic E-state index is 5.43. The third-order valence-electron chi connectivity index (χ3n) is 20.3. The first kappa shape index (κ1) is 61.4. The van der Waals surface area contributed by atoms with Crippen molar-refractivity contribution in [2.45, 2.75) is 0 Å². The molecule has 0 atom stereocenters. The zero-order chi connectivity index (χ0) is 70.0. The van der Waals surface area contributed by atoms with Crippen LogP contribution >= 0.6 is 0 Å². The summed E-state index contributed by atoms with van der Waals surface area (Å²) >= 11 is 0. The molecule has 15 aromatic carbocycles. The van der Waals surface area contributed by atoms with E-state index in [0.29, 0.717) is 34.9 Å². The van der Waals surface area contributed by atoms with E-state index >= 15 is 0 Å². The summed E-state index contributed by atoms with van der Waals surface area (Å²) < 4.78 is 9.67. The Labute approximate surface area is 610 Å². The van der Waals surface area contributed by atoms with Gasteiger partial charge in [0.15, 0.2) is 34.9 Å². The minimum absolute atomic E-state index is 0.597. The van der Waals surface area contributed by atoms with Gasteiger partial charge < -0.3 is 18.3 Å². The van der Waals surface area contributed by atoms with Gasteiger partial charge in [-0.2, -0.15) is 0 Å². The molecule has 0 fully saturated rings. The van der Waals surface area contributed by atoms with Gasteiger partial charge in [0.2, 0.25) is 0 Å². The molecule has 21 rings (SSSR count). The lowest BCUT2D eigenvalue weighted by molar-refractivity contribution is 1.06. The lowest BCUT2D eigenvalue weighted by Gasteiger charge is -2.21. The van der Waals surface area contributed by atoms with Gasteiger partial charge in [-0.3, -0.25) is 0 Å². The number of hydrogen-bond acceptors (Lipinski definition) is 6. The summed E-state index contributed by atoms with van der Waals surface area (Å²) in [7, 11) is 0. The van der Waals surface area contributed by atoms with Crippen LogP contribution in [0, 0.1) is 0 Å². The highest BCUT2D eigenvalue weighted by molar-refractivity contribution is 6.20. The van der Waals surface area contributed by atoms with Crippen LogP contribution in [0.5, 0.6) is 0 Å². The van der Waals surface area contributed by atoms with Crippen LogP contribution in [0.15, 0.2) is 376 Å². The molecular formula is C96H62N10. The highest BCUT2D eigenvalue weighted by atomic mass is 15.1. The summed E-state index contributed by atoms with van der Waals surface area (Å²) in [6.07, 6.45) is 0. The molecule has 6 heterocycles. The third-order valence-corrected chi connectivity index (χ3v) is 20.3. The fraction of sp³-hybridized carbons (Fsp3) is 0. The third kappa shape index (κ3) is 10.3. The summed E-state index contributed by atoms with van der Waals surface area (Å²) in [5.74, 6) is 3.70. The van der Waals surface area contributed by atoms with Crippen LogP contribution in [0.4, 0.5) is 0 Å². The Balaban J connectivity index is 0.000000141. The van der Waals surface area contributed by atoms with Crippen molar-refractivity contribution in [3.05, 3.63) is 376 Å². The number of hydrogen-bond donors (Lipinski definition) is 0. The predicted molar refractivity (Wildman–Crippen MR) is 435 cm³/mol. The molecule has 0 saturated carbocycles. The molecule has 0 aliphatic rings. The molecule has 0 amide bonds. The Kier molecular flexibility index (Phi) is 15.0. The average Bonchev–Trinajstić information content (AvgIpc) is 1.53. The highest BCUT2D eigenvalue weighted by Gasteiger charge is 2.30. The number of fused-ring (bicyclic) bond motifs is 12. The SMILES string of the molecule is c1ccc(-c2nc(-c3ccccc3)nc(-c3c(-c4ccccc4)cc4c5ccccc5n(-c5ccccc5)c4c3-n3c4ccccc4c4ccccc43)n2)cc1.c1ccc(-c2nc(-c3ccccc3)nc(-c3ccc4c5ccccc5n(-c5ccccc5)c4c3-n3c4ccccc4c4ccccc43)n2)cc1. The summed E-state index contributed by atoms with van der Waals surface area (Å²) in [5, 5.41) is 9.40. The van der Waals surface area contributed by atoms with Crippen molar-refractivity contribution in [1.82, 2.24) is 48.2 Å². The minimum atomic E-state index is 0.597. The Hall–Kier alpha value is -14.5. The van der Waals surface area contributed by atoms with Crippen LogP contribution in [0.1, 0.15) is 0 Å². The van der Waals surface area contributed by atoms with E-state index in [1.165, 1.54) is 32.3 Å². The molecule has 21 aromatic rings. The van der Waals surface area contributed by atoms with Crippen LogP contribution in [0.3, 0.4) is 0 Å². The van der Waals surface area contributed by atoms with Crippen LogP contribution in [0.2, 0.25) is 0 Å². The Morgan fingerprint density at radius 3 is 0.802 bits per heavy atom. The van der Waals surface area contributed by atoms with E-state index in [9.17, 15) is 0 Å². The number of para-hydroxylation sites is 8. The van der Waals surface area contributed by atoms with E-state index in [1.807, 2.05) is 72.8 Å². The normalized spacial score (nSPS) is 11.6. The van der Waals surface area contributed by atoms with Gasteiger partial charge in [-0.25, -0.2) is 29.9 Å². The lowest BCUT2D eigenvalue weighted by Crippen LogP contribution is -2.07. The average molecular weight is 1360 g/mol. The van der Waals surface area contributed by atoms with Gasteiger partial charge in [0.25, 0.3) is 0 Å². The first-order chi connectivity index (χ1) is 52.6. The number of benzene rings is 15. The number of aromatic nitrogens is 10. The summed E-state index contributed by atoms with van der Waals surface area (Å²) in [6.45, 7) is 0. The quantitative estimate of drug-likeness (QED) is 0.128. The molecule has 10 nitrogen and oxygen atoms in total. The monoisotopic (exact) mass is 1350 g/mol. The van der Waals surface area contributed by atoms with Crippen molar-refractivity contribution < 1.29 is 0 Å². The van der Waals surface area contributed by atoms with Crippen LogP contribution in [-0.4, -0.2) is 48.2 Å². The van der Waals surface area contributed by atoms with Gasteiger partial charge in [0, 0.05) is 82.3 Å². The predicted octanol–water partition coefficient (Wildman–Crippen LogP) is 23.8. The molecule has 106 heavy (non-hydrogen) atoms. The fourth-order valence-electron chi connectivity index (χ4n) is 15.7. The van der Waals surface area contributed by atoms with Crippen molar-refractivity contribution in [3.63, 3.8) is 0 Å². The van der Waals surface area contributed by atoms with Crippen LogP contribution in [-0.2, 0) is 0 Å². The van der Waals surface area contributed by atoms with E-state index in [1.54, 1.807) is 0 Å². The maximum Gasteiger partial charge on any atom is 0.166 e. The van der Waals surface area contributed by atoms with Gasteiger partial charge in [0.05, 0.1) is 61.1 Å². The van der Waals surface area contributed by atoms with E-state index in [4.69, 9.17) is 29.9 Å². The largest absolute Gasteiger partial charge is 0.307 e. The zero-order valence-electron chi connectivity index (χ0n) is 57.3. The number of nitrogens with zero attached hydrogens (tertiary/aromatic N) is 10. The van der Waals surface area contributed by atoms with E-state index < -0.39 is 0 Å². The molecule has 0 saturated heterocycles. The molecule has 0 bridgehead atoms. The summed E-state index contributed by atoms with van der Waals surface area (Å²) in [5.41, 5.74) is 20.7. The number of rotatable bonds is 11. The summed E-state index contributed by atoms with van der Waals surface area (Å²) in [4.78, 5) is 31.5. The molecule has 0 aliphatic heterocycles. The molecule has 0 unspecified atom stereocenters. The first-order valence-electron chi connectivity index (χ1n) is 35.7. The molecule has 0 radical (unpaired) electrons. The summed E-state index contributed by atoms with van der Waals surface area (Å²) in [6, 6.07) is 132. The van der Waals surface area contributed by atoms with Crippen molar-refractivity contribution in [1.29, 1.82) is 0 Å². The van der Waals surface area contributed by atoms with Crippen LogP contribution in [0.25, 0.3) is 189 Å². The standard InChI is InChI=1S/C51H33N5.C45H29N5/c1-5-19-34(20-6-1)41-33-42-40-29-15-16-30-43(40)55(37-25-11-4-12-26-37)47(42)48(56-44-31-17-13-27-38(44)39-28-14-18-32-45(39)56)46(41)51-53-49(35-21-7-2-8-22-35)52-50(54-51)36-23-9-3-10-24-36;1-4-16-30(17-5-1)43-46-44(31-18-6-2-7-19-31)48-45(47-43)37-29-28-36-35-24-12-13-25-38(35)49(32-20-8-3-9-21-32)41(36)42(37)50-39-26-14-10-22-33(39)34-23-11-15-27-40(34)50/h1-33H;1-29H.